The normalized spacial score (nSPS) is 19.0. The zero-order valence-corrected chi connectivity index (χ0v) is 17.6. The van der Waals surface area contributed by atoms with Crippen LogP contribution in [-0.4, -0.2) is 42.6 Å². The van der Waals surface area contributed by atoms with E-state index in [1.807, 2.05) is 6.92 Å². The highest BCUT2D eigenvalue weighted by Gasteiger charge is 2.34. The predicted molar refractivity (Wildman–Crippen MR) is 112 cm³/mol. The van der Waals surface area contributed by atoms with Crippen LogP contribution in [0.25, 0.3) is 0 Å². The summed E-state index contributed by atoms with van der Waals surface area (Å²) in [5.74, 6) is -2.43. The van der Waals surface area contributed by atoms with Crippen LogP contribution in [0.2, 0.25) is 0 Å². The smallest absolute Gasteiger partial charge is 0.315 e. The number of carbonyl (C=O) groups is 3. The van der Waals surface area contributed by atoms with Crippen LogP contribution in [0.3, 0.4) is 0 Å². The van der Waals surface area contributed by atoms with Gasteiger partial charge in [-0.25, -0.2) is 18.5 Å². The molecular formula is C20H23N5O5S. The zero-order chi connectivity index (χ0) is 22.8. The zero-order valence-electron chi connectivity index (χ0n) is 16.8. The number of piperidine rings is 1. The fraction of sp³-hybridized carbons (Fsp3) is 0.300. The molecule has 0 unspecified atom stereocenters. The Kier molecular flexibility index (Phi) is 6.37. The van der Waals surface area contributed by atoms with Crippen molar-refractivity contribution in [2.45, 2.75) is 30.7 Å². The monoisotopic (exact) mass is 445 g/mol. The van der Waals surface area contributed by atoms with Gasteiger partial charge in [0, 0.05) is 12.7 Å². The van der Waals surface area contributed by atoms with Gasteiger partial charge in [-0.2, -0.15) is 0 Å². The number of primary amides is 1. The lowest BCUT2D eigenvalue weighted by atomic mass is 9.90. The van der Waals surface area contributed by atoms with Crippen molar-refractivity contribution in [2.75, 3.05) is 11.9 Å². The number of nitrogens with two attached hydrogens (primary N) is 2. The van der Waals surface area contributed by atoms with Crippen molar-refractivity contribution >= 4 is 33.6 Å². The highest BCUT2D eigenvalue weighted by molar-refractivity contribution is 7.89. The Labute approximate surface area is 179 Å². The van der Waals surface area contributed by atoms with Gasteiger partial charge in [0.2, 0.25) is 10.0 Å². The van der Waals surface area contributed by atoms with E-state index in [0.29, 0.717) is 18.5 Å². The van der Waals surface area contributed by atoms with Crippen molar-refractivity contribution in [1.29, 1.82) is 0 Å². The lowest BCUT2D eigenvalue weighted by molar-refractivity contribution is -0.146. The van der Waals surface area contributed by atoms with Crippen LogP contribution >= 0.6 is 0 Å². The Bertz CT molecular complexity index is 1120. The number of pyridine rings is 1. The molecule has 164 valence electrons. The maximum atomic E-state index is 13.0. The molecule has 1 aromatic carbocycles. The molecule has 3 amide bonds. The third-order valence-corrected chi connectivity index (χ3v) is 6.10. The molecule has 2 atom stereocenters. The molecule has 0 saturated carbocycles. The first kappa shape index (κ1) is 22.4. The molecule has 0 spiro atoms. The molecule has 1 aliphatic rings. The van der Waals surface area contributed by atoms with E-state index in [1.165, 1.54) is 35.4 Å². The Balaban J connectivity index is 1.84. The average Bonchev–Trinajstić information content (AvgIpc) is 2.73. The van der Waals surface area contributed by atoms with Gasteiger partial charge in [-0.1, -0.05) is 19.1 Å². The summed E-state index contributed by atoms with van der Waals surface area (Å²) < 4.78 is 23.0. The molecule has 3 rings (SSSR count). The topological polar surface area (TPSA) is 166 Å². The lowest BCUT2D eigenvalue weighted by Gasteiger charge is -2.38. The maximum absolute atomic E-state index is 13.0. The summed E-state index contributed by atoms with van der Waals surface area (Å²) in [5.41, 5.74) is 5.97. The molecule has 0 radical (unpaired) electrons. The van der Waals surface area contributed by atoms with Crippen LogP contribution in [-0.2, 0) is 19.6 Å². The van der Waals surface area contributed by atoms with Crippen LogP contribution in [0, 0.1) is 5.92 Å². The minimum atomic E-state index is -3.84. The summed E-state index contributed by atoms with van der Waals surface area (Å²) in [6.07, 6.45) is 2.80. The van der Waals surface area contributed by atoms with Crippen LogP contribution in [0.4, 0.5) is 5.82 Å². The van der Waals surface area contributed by atoms with Crippen molar-refractivity contribution in [3.63, 3.8) is 0 Å². The van der Waals surface area contributed by atoms with Gasteiger partial charge >= 0.3 is 11.8 Å². The predicted octanol–water partition coefficient (Wildman–Crippen LogP) is 0.766. The van der Waals surface area contributed by atoms with Gasteiger partial charge < -0.3 is 16.0 Å². The molecule has 31 heavy (non-hydrogen) atoms. The minimum absolute atomic E-state index is 0.00852. The summed E-state index contributed by atoms with van der Waals surface area (Å²) in [5, 5.41) is 7.51. The Morgan fingerprint density at radius 2 is 1.81 bits per heavy atom. The van der Waals surface area contributed by atoms with Crippen molar-refractivity contribution in [2.24, 2.45) is 16.8 Å². The highest BCUT2D eigenvalue weighted by Crippen LogP contribution is 2.34. The molecule has 2 heterocycles. The minimum Gasteiger partial charge on any atom is -0.365 e. The van der Waals surface area contributed by atoms with Gasteiger partial charge in [-0.15, -0.1) is 0 Å². The summed E-state index contributed by atoms with van der Waals surface area (Å²) in [6.45, 7) is 2.32. The maximum Gasteiger partial charge on any atom is 0.315 e. The number of benzene rings is 1. The van der Waals surface area contributed by atoms with Crippen molar-refractivity contribution in [3.05, 3.63) is 53.7 Å². The van der Waals surface area contributed by atoms with E-state index in [4.69, 9.17) is 10.9 Å². The Morgan fingerprint density at radius 1 is 1.13 bits per heavy atom. The number of hydrogen-bond acceptors (Lipinski definition) is 6. The third-order valence-electron chi connectivity index (χ3n) is 5.17. The molecule has 0 bridgehead atoms. The number of sulfonamides is 1. The Hall–Kier alpha value is -3.31. The molecule has 0 aliphatic carbocycles. The van der Waals surface area contributed by atoms with E-state index in [9.17, 15) is 22.8 Å². The van der Waals surface area contributed by atoms with E-state index >= 15 is 0 Å². The third kappa shape index (κ3) is 5.06. The first-order valence-electron chi connectivity index (χ1n) is 9.57. The van der Waals surface area contributed by atoms with Crippen molar-refractivity contribution in [1.82, 2.24) is 9.88 Å². The van der Waals surface area contributed by atoms with Gasteiger partial charge in [0.1, 0.15) is 5.82 Å². The van der Waals surface area contributed by atoms with Crippen LogP contribution in [0.5, 0.6) is 0 Å². The number of amides is 3. The SMILES string of the molecule is C[C@H]1CC[C@H](c2ccc(S(N)(=O)=O)cc2)N(C(=O)C(=O)Nc2ncccc2C(N)=O)C1. The number of rotatable bonds is 4. The second-order valence-electron chi connectivity index (χ2n) is 7.49. The summed E-state index contributed by atoms with van der Waals surface area (Å²) in [4.78, 5) is 42.5. The fourth-order valence-corrected chi connectivity index (χ4v) is 4.11. The average molecular weight is 446 g/mol. The van der Waals surface area contributed by atoms with Gasteiger partial charge in [0.05, 0.1) is 16.5 Å². The van der Waals surface area contributed by atoms with Crippen molar-refractivity contribution in [3.8, 4) is 0 Å². The van der Waals surface area contributed by atoms with Crippen LogP contribution in [0.15, 0.2) is 47.5 Å². The number of nitrogens with zero attached hydrogens (tertiary/aromatic N) is 2. The van der Waals surface area contributed by atoms with E-state index in [1.54, 1.807) is 12.1 Å². The number of carbonyl (C=O) groups excluding carboxylic acids is 3. The Morgan fingerprint density at radius 3 is 2.42 bits per heavy atom. The number of primary sulfonamides is 1. The second-order valence-corrected chi connectivity index (χ2v) is 9.05. The molecule has 10 nitrogen and oxygen atoms in total. The van der Waals surface area contributed by atoms with E-state index in [2.05, 4.69) is 10.3 Å². The quantitative estimate of drug-likeness (QED) is 0.588. The molecular weight excluding hydrogens is 422 g/mol. The van der Waals surface area contributed by atoms with Gasteiger partial charge in [0.25, 0.3) is 5.91 Å². The highest BCUT2D eigenvalue weighted by atomic mass is 32.2. The second kappa shape index (κ2) is 8.82. The number of nitrogens with one attached hydrogen (secondary N) is 1. The first-order valence-corrected chi connectivity index (χ1v) is 11.1. The molecule has 1 saturated heterocycles. The number of aromatic nitrogens is 1. The number of anilines is 1. The molecule has 1 aliphatic heterocycles. The van der Waals surface area contributed by atoms with Gasteiger partial charge in [-0.05, 0) is 48.6 Å². The summed E-state index contributed by atoms with van der Waals surface area (Å²) in [7, 11) is -3.84. The molecule has 1 aromatic heterocycles. The molecule has 2 aromatic rings. The molecule has 11 heteroatoms. The van der Waals surface area contributed by atoms with Crippen LogP contribution in [0.1, 0.15) is 41.7 Å². The molecule has 1 fully saturated rings. The van der Waals surface area contributed by atoms with Gasteiger partial charge in [0.15, 0.2) is 0 Å². The number of likely N-dealkylation sites (tertiary alicyclic amines) is 1. The van der Waals surface area contributed by atoms with E-state index in [-0.39, 0.29) is 22.2 Å². The van der Waals surface area contributed by atoms with E-state index in [0.717, 1.165) is 6.42 Å². The van der Waals surface area contributed by atoms with Crippen LogP contribution < -0.4 is 16.2 Å². The summed E-state index contributed by atoms with van der Waals surface area (Å²) in [6, 6.07) is 8.39. The largest absolute Gasteiger partial charge is 0.365 e. The lowest BCUT2D eigenvalue weighted by Crippen LogP contribution is -2.46. The standard InChI is InChI=1S/C20H23N5O5S/c1-12-4-9-16(13-5-7-14(8-6-13)31(22,29)30)25(11-12)20(28)19(27)24-18-15(17(21)26)3-2-10-23-18/h2-3,5-8,10,12,16H,4,9,11H2,1H3,(H2,21,26)(H2,22,29,30)(H,23,24,27)/t12-,16+/m0/s1. The first-order chi connectivity index (χ1) is 14.6. The summed E-state index contributed by atoms with van der Waals surface area (Å²) >= 11 is 0. The van der Waals surface area contributed by atoms with Crippen molar-refractivity contribution < 1.29 is 22.8 Å². The molecule has 5 N–H and O–H groups in total. The number of hydrogen-bond donors (Lipinski definition) is 3. The fourth-order valence-electron chi connectivity index (χ4n) is 3.60. The van der Waals surface area contributed by atoms with Gasteiger partial charge in [-0.3, -0.25) is 14.4 Å². The van der Waals surface area contributed by atoms with E-state index < -0.39 is 33.8 Å².